The molecule has 1 unspecified atom stereocenters. The molecule has 1 aliphatic carbocycles. The molecular weight excluding hydrogens is 242 g/mol. The number of hydrogen-bond donors (Lipinski definition) is 2. The van der Waals surface area contributed by atoms with Gasteiger partial charge < -0.3 is 10.4 Å². The first kappa shape index (κ1) is 14.3. The van der Waals surface area contributed by atoms with Crippen LogP contribution in [0, 0.1) is 11.3 Å². The number of nitriles is 1. The Morgan fingerprint density at radius 2 is 2.16 bits per heavy atom. The zero-order chi connectivity index (χ0) is 13.9. The van der Waals surface area contributed by atoms with Crippen LogP contribution in [-0.2, 0) is 4.79 Å². The molecule has 106 valence electrons. The van der Waals surface area contributed by atoms with Crippen LogP contribution in [0.3, 0.4) is 0 Å². The fourth-order valence-corrected chi connectivity index (χ4v) is 3.05. The lowest BCUT2D eigenvalue weighted by Crippen LogP contribution is -2.54. The van der Waals surface area contributed by atoms with Crippen LogP contribution in [0.25, 0.3) is 0 Å². The summed E-state index contributed by atoms with van der Waals surface area (Å²) in [5.74, 6) is -0.0856. The molecule has 2 aliphatic rings. The molecule has 0 aromatic carbocycles. The van der Waals surface area contributed by atoms with Crippen molar-refractivity contribution in [3.63, 3.8) is 0 Å². The summed E-state index contributed by atoms with van der Waals surface area (Å²) < 4.78 is 0. The molecule has 0 aromatic rings. The highest BCUT2D eigenvalue weighted by Crippen LogP contribution is 2.28. The van der Waals surface area contributed by atoms with E-state index in [-0.39, 0.29) is 18.1 Å². The number of aliphatic hydroxyl groups is 1. The minimum atomic E-state index is -0.665. The smallest absolute Gasteiger partial charge is 0.238 e. The summed E-state index contributed by atoms with van der Waals surface area (Å²) in [6.45, 7) is 3.14. The van der Waals surface area contributed by atoms with Gasteiger partial charge in [0.15, 0.2) is 0 Å². The summed E-state index contributed by atoms with van der Waals surface area (Å²) in [4.78, 5) is 14.3. The van der Waals surface area contributed by atoms with Crippen molar-refractivity contribution in [2.45, 2.75) is 63.1 Å². The molecule has 2 rings (SSSR count). The molecule has 1 heterocycles. The lowest BCUT2D eigenvalue weighted by Gasteiger charge is -2.34. The predicted octanol–water partition coefficient (Wildman–Crippen LogP) is 0.784. The second kappa shape index (κ2) is 5.89. The van der Waals surface area contributed by atoms with Gasteiger partial charge in [-0.15, -0.1) is 0 Å². The van der Waals surface area contributed by atoms with Crippen LogP contribution < -0.4 is 5.32 Å². The first-order valence-electron chi connectivity index (χ1n) is 7.22. The van der Waals surface area contributed by atoms with Crippen LogP contribution in [0.2, 0.25) is 0 Å². The number of aliphatic hydroxyl groups excluding tert-OH is 1. The highest BCUT2D eigenvalue weighted by molar-refractivity contribution is 5.82. The summed E-state index contributed by atoms with van der Waals surface area (Å²) in [5.41, 5.74) is -0.665. The van der Waals surface area contributed by atoms with Crippen LogP contribution in [0.4, 0.5) is 0 Å². The van der Waals surface area contributed by atoms with E-state index in [4.69, 9.17) is 0 Å². The molecule has 1 aliphatic heterocycles. The summed E-state index contributed by atoms with van der Waals surface area (Å²) in [6.07, 6.45) is 5.06. The Hall–Kier alpha value is -1.12. The van der Waals surface area contributed by atoms with E-state index in [0.29, 0.717) is 6.54 Å². The van der Waals surface area contributed by atoms with Crippen LogP contribution in [0.1, 0.15) is 45.4 Å². The minimum absolute atomic E-state index is 0.0856. The van der Waals surface area contributed by atoms with Crippen molar-refractivity contribution in [3.05, 3.63) is 0 Å². The van der Waals surface area contributed by atoms with Crippen LogP contribution in [-0.4, -0.2) is 46.7 Å². The standard InChI is InChI=1S/C14H23N3O2/c1-11(17-8-5-12(18)9-17)13(19)16-14(10-15)6-3-2-4-7-14/h11-12,18H,2-9H2,1H3,(H,16,19)/t11?,12-/m0/s1. The third-order valence-electron chi connectivity index (χ3n) is 4.41. The molecular formula is C14H23N3O2. The van der Waals surface area contributed by atoms with Crippen molar-refractivity contribution in [2.75, 3.05) is 13.1 Å². The van der Waals surface area contributed by atoms with Gasteiger partial charge in [-0.2, -0.15) is 5.26 Å². The van der Waals surface area contributed by atoms with Gasteiger partial charge in [0.1, 0.15) is 5.54 Å². The molecule has 5 nitrogen and oxygen atoms in total. The minimum Gasteiger partial charge on any atom is -0.392 e. The van der Waals surface area contributed by atoms with E-state index in [0.717, 1.165) is 45.1 Å². The van der Waals surface area contributed by atoms with Crippen molar-refractivity contribution in [2.24, 2.45) is 0 Å². The van der Waals surface area contributed by atoms with Gasteiger partial charge in [-0.25, -0.2) is 0 Å². The quantitative estimate of drug-likeness (QED) is 0.791. The van der Waals surface area contributed by atoms with Gasteiger partial charge in [-0.1, -0.05) is 19.3 Å². The van der Waals surface area contributed by atoms with E-state index in [1.165, 1.54) is 0 Å². The van der Waals surface area contributed by atoms with Crippen LogP contribution in [0.5, 0.6) is 0 Å². The monoisotopic (exact) mass is 265 g/mol. The van der Waals surface area contributed by atoms with Gasteiger partial charge >= 0.3 is 0 Å². The summed E-state index contributed by atoms with van der Waals surface area (Å²) in [5, 5.41) is 21.8. The van der Waals surface area contributed by atoms with E-state index in [2.05, 4.69) is 11.4 Å². The summed E-state index contributed by atoms with van der Waals surface area (Å²) in [7, 11) is 0. The molecule has 0 spiro atoms. The number of β-amino-alcohol motifs (C(OH)–C–C–N with tert-alkyl or cyclic N) is 1. The van der Waals surface area contributed by atoms with Gasteiger partial charge in [-0.3, -0.25) is 9.69 Å². The fraction of sp³-hybridized carbons (Fsp3) is 0.857. The fourth-order valence-electron chi connectivity index (χ4n) is 3.05. The molecule has 19 heavy (non-hydrogen) atoms. The molecule has 0 aromatic heterocycles. The van der Waals surface area contributed by atoms with Crippen LogP contribution in [0.15, 0.2) is 0 Å². The van der Waals surface area contributed by atoms with Gasteiger partial charge in [0.2, 0.25) is 5.91 Å². The van der Waals surface area contributed by atoms with Crippen molar-refractivity contribution in [1.29, 1.82) is 5.26 Å². The molecule has 5 heteroatoms. The van der Waals surface area contributed by atoms with E-state index >= 15 is 0 Å². The molecule has 2 atom stereocenters. The third kappa shape index (κ3) is 3.26. The summed E-state index contributed by atoms with van der Waals surface area (Å²) >= 11 is 0. The number of nitrogens with zero attached hydrogens (tertiary/aromatic N) is 2. The van der Waals surface area contributed by atoms with E-state index in [1.807, 2.05) is 11.8 Å². The van der Waals surface area contributed by atoms with Crippen molar-refractivity contribution >= 4 is 5.91 Å². The zero-order valence-corrected chi connectivity index (χ0v) is 11.6. The Balaban J connectivity index is 1.94. The van der Waals surface area contributed by atoms with Crippen molar-refractivity contribution < 1.29 is 9.90 Å². The maximum absolute atomic E-state index is 12.3. The Bertz CT molecular complexity index is 371. The molecule has 0 radical (unpaired) electrons. The molecule has 2 N–H and O–H groups in total. The lowest BCUT2D eigenvalue weighted by atomic mass is 9.82. The Labute approximate surface area is 114 Å². The Kier molecular flexibility index (Phi) is 4.43. The van der Waals surface area contributed by atoms with E-state index in [1.54, 1.807) is 0 Å². The molecule has 1 saturated heterocycles. The van der Waals surface area contributed by atoms with Crippen molar-refractivity contribution in [3.8, 4) is 6.07 Å². The second-order valence-corrected chi connectivity index (χ2v) is 5.86. The summed E-state index contributed by atoms with van der Waals surface area (Å²) in [6, 6.07) is 2.03. The number of nitrogens with one attached hydrogen (secondary N) is 1. The van der Waals surface area contributed by atoms with Gasteiger partial charge in [0.05, 0.1) is 18.2 Å². The average Bonchev–Trinajstić information content (AvgIpc) is 2.85. The molecule has 1 saturated carbocycles. The Morgan fingerprint density at radius 3 is 2.68 bits per heavy atom. The number of hydrogen-bond acceptors (Lipinski definition) is 4. The first-order chi connectivity index (χ1) is 9.06. The van der Waals surface area contributed by atoms with Gasteiger partial charge in [0, 0.05) is 13.1 Å². The third-order valence-corrected chi connectivity index (χ3v) is 4.41. The molecule has 0 bridgehead atoms. The Morgan fingerprint density at radius 1 is 1.47 bits per heavy atom. The number of rotatable bonds is 3. The van der Waals surface area contributed by atoms with E-state index in [9.17, 15) is 15.2 Å². The number of likely N-dealkylation sites (tertiary alicyclic amines) is 1. The predicted molar refractivity (Wildman–Crippen MR) is 71.2 cm³/mol. The largest absolute Gasteiger partial charge is 0.392 e. The highest BCUT2D eigenvalue weighted by Gasteiger charge is 2.36. The maximum atomic E-state index is 12.3. The SMILES string of the molecule is CC(C(=O)NC1(C#N)CCCCC1)N1CC[C@H](O)C1. The normalized spacial score (nSPS) is 28.6. The molecule has 1 amide bonds. The average molecular weight is 265 g/mol. The second-order valence-electron chi connectivity index (χ2n) is 5.86. The number of carbonyl (C=O) groups is 1. The molecule has 2 fully saturated rings. The topological polar surface area (TPSA) is 76.4 Å². The number of amides is 1. The maximum Gasteiger partial charge on any atom is 0.238 e. The first-order valence-corrected chi connectivity index (χ1v) is 7.22. The van der Waals surface area contributed by atoms with Gasteiger partial charge in [-0.05, 0) is 26.2 Å². The lowest BCUT2D eigenvalue weighted by molar-refractivity contribution is -0.127. The highest BCUT2D eigenvalue weighted by atomic mass is 16.3. The van der Waals surface area contributed by atoms with E-state index < -0.39 is 5.54 Å². The number of carbonyl (C=O) groups excluding carboxylic acids is 1. The van der Waals surface area contributed by atoms with Crippen molar-refractivity contribution in [1.82, 2.24) is 10.2 Å². The zero-order valence-electron chi connectivity index (χ0n) is 11.6. The van der Waals surface area contributed by atoms with Gasteiger partial charge in [0.25, 0.3) is 0 Å². The van der Waals surface area contributed by atoms with Crippen LogP contribution >= 0.6 is 0 Å².